The predicted octanol–water partition coefficient (Wildman–Crippen LogP) is -0.486. The van der Waals surface area contributed by atoms with E-state index in [9.17, 15) is 5.26 Å². The van der Waals surface area contributed by atoms with Crippen molar-refractivity contribution in [2.75, 3.05) is 0 Å². The van der Waals surface area contributed by atoms with Crippen LogP contribution in [0.25, 0.3) is 0 Å². The topological polar surface area (TPSA) is 41.5 Å². The molecule has 93 valence electrons. The van der Waals surface area contributed by atoms with Gasteiger partial charge < -0.3 is 5.26 Å². The van der Waals surface area contributed by atoms with Gasteiger partial charge in [0.2, 0.25) is 0 Å². The fourth-order valence-corrected chi connectivity index (χ4v) is 1.39. The fourth-order valence-electron chi connectivity index (χ4n) is 0.975. The van der Waals surface area contributed by atoms with Gasteiger partial charge in [0.1, 0.15) is 0 Å². The Balaban J connectivity index is 0. The molecule has 0 atom stereocenters. The van der Waals surface area contributed by atoms with Crippen molar-refractivity contribution in [1.29, 1.82) is 0 Å². The summed E-state index contributed by atoms with van der Waals surface area (Å²) < 4.78 is 4.14. The van der Waals surface area contributed by atoms with Crippen LogP contribution in [0.3, 0.4) is 0 Å². The van der Waals surface area contributed by atoms with Gasteiger partial charge in [-0.2, -0.15) is 65.0 Å². The first-order chi connectivity index (χ1) is 8.34. The van der Waals surface area contributed by atoms with E-state index in [4.69, 9.17) is 0 Å². The van der Waals surface area contributed by atoms with Crippen molar-refractivity contribution in [2.24, 2.45) is 0 Å². The Bertz CT molecular complexity index is 391. The van der Waals surface area contributed by atoms with E-state index in [1.165, 1.54) is 0 Å². The molecule has 0 saturated heterocycles. The number of aryl methyl sites for hydroxylation is 1. The van der Waals surface area contributed by atoms with Gasteiger partial charge in [0.05, 0.1) is 0 Å². The van der Waals surface area contributed by atoms with Crippen LogP contribution in [-0.4, -0.2) is 0 Å². The molecule has 2 aromatic carbocycles. The molecule has 0 aliphatic carbocycles. The van der Waals surface area contributed by atoms with Gasteiger partial charge in [0, 0.05) is 32.7 Å². The van der Waals surface area contributed by atoms with Crippen molar-refractivity contribution in [3.8, 4) is 0 Å². The normalized spacial score (nSPS) is 8.32. The molecule has 1 radical (unpaired) electrons. The van der Waals surface area contributed by atoms with Crippen molar-refractivity contribution < 1.29 is 76.9 Å². The molecule has 0 aliphatic rings. The Morgan fingerprint density at radius 2 is 1.79 bits per heavy atom. The summed E-state index contributed by atoms with van der Waals surface area (Å²) in [5, 5.41) is 12.7. The van der Waals surface area contributed by atoms with Crippen LogP contribution in [0.15, 0.2) is 53.4 Å². The zero-order valence-electron chi connectivity index (χ0n) is 10.8. The number of hydrogen-bond donors (Lipinski definition) is 0. The van der Waals surface area contributed by atoms with Gasteiger partial charge in [-0.05, 0) is 12.0 Å². The van der Waals surface area contributed by atoms with E-state index >= 15 is 0 Å². The third-order valence-electron chi connectivity index (χ3n) is 1.79. The molecule has 0 aliphatic heterocycles. The fraction of sp³-hybridized carbons (Fsp3) is 0.0769. The molecule has 0 unspecified atom stereocenters. The summed E-state index contributed by atoms with van der Waals surface area (Å²) in [5.41, 5.74) is 1.02. The Labute approximate surface area is 165 Å². The summed E-state index contributed by atoms with van der Waals surface area (Å²) in [6, 6.07) is 20.7. The van der Waals surface area contributed by atoms with Crippen molar-refractivity contribution in [1.82, 2.24) is 0 Å². The largest absolute Gasteiger partial charge is 1.00 e. The molecule has 0 fully saturated rings. The van der Waals surface area contributed by atoms with Crippen molar-refractivity contribution in [3.05, 3.63) is 66.2 Å². The summed E-state index contributed by atoms with van der Waals surface area (Å²) >= 11 is 0.881. The molecule has 0 spiro atoms. The van der Waals surface area contributed by atoms with E-state index in [2.05, 4.69) is 21.5 Å². The monoisotopic (exact) mass is 359 g/mol. The summed E-state index contributed by atoms with van der Waals surface area (Å²) in [6.07, 6.45) is 0. The minimum Gasteiger partial charge on any atom is -0.691 e. The van der Waals surface area contributed by atoms with E-state index in [0.29, 0.717) is 0 Å². The molecule has 3 nitrogen and oxygen atoms in total. The van der Waals surface area contributed by atoms with Crippen LogP contribution in [0.4, 0.5) is 0 Å². The first kappa shape index (κ1) is 22.1. The maximum Gasteiger partial charge on any atom is 1.00 e. The molecule has 6 heteroatoms. The van der Waals surface area contributed by atoms with Gasteiger partial charge >= 0.3 is 29.6 Å². The van der Waals surface area contributed by atoms with E-state index in [1.54, 1.807) is 12.1 Å². The third-order valence-corrected chi connectivity index (χ3v) is 2.53. The van der Waals surface area contributed by atoms with Gasteiger partial charge in [0.15, 0.2) is 0 Å². The molecule has 2 aromatic rings. The van der Waals surface area contributed by atoms with Crippen LogP contribution in [-0.2, 0) is 42.1 Å². The van der Waals surface area contributed by atoms with Crippen molar-refractivity contribution in [3.63, 3.8) is 0 Å². The quantitative estimate of drug-likeness (QED) is 0.244. The van der Waals surface area contributed by atoms with Gasteiger partial charge in [-0.1, -0.05) is 11.8 Å². The van der Waals surface area contributed by atoms with Crippen LogP contribution in [0.2, 0.25) is 0 Å². The van der Waals surface area contributed by atoms with E-state index < -0.39 is 0 Å². The Morgan fingerprint density at radius 3 is 2.21 bits per heavy atom. The molecule has 0 aromatic heterocycles. The van der Waals surface area contributed by atoms with Crippen LogP contribution >= 0.6 is 12.0 Å². The molecule has 0 N–H and O–H groups in total. The minimum absolute atomic E-state index is 0. The molecular formula is C13H11NaO3SY-2. The third kappa shape index (κ3) is 11.1. The Kier molecular flexibility index (Phi) is 17.6. The van der Waals surface area contributed by atoms with Crippen LogP contribution < -0.4 is 34.8 Å². The molecule has 0 amide bonds. The maximum absolute atomic E-state index is 9.46. The van der Waals surface area contributed by atoms with Crippen LogP contribution in [0, 0.1) is 19.1 Å². The molecule has 0 heterocycles. The van der Waals surface area contributed by atoms with E-state index in [0.717, 1.165) is 22.5 Å². The van der Waals surface area contributed by atoms with Crippen LogP contribution in [0.1, 0.15) is 5.56 Å². The zero-order chi connectivity index (χ0) is 12.3. The van der Waals surface area contributed by atoms with E-state index in [-0.39, 0.29) is 62.3 Å². The second-order valence-electron chi connectivity index (χ2n) is 2.99. The van der Waals surface area contributed by atoms with Crippen LogP contribution in [0.5, 0.6) is 0 Å². The van der Waals surface area contributed by atoms with Gasteiger partial charge in [-0.25, -0.2) is 0 Å². The molecule has 2 rings (SSSR count). The van der Waals surface area contributed by atoms with E-state index in [1.807, 2.05) is 43.3 Å². The predicted molar refractivity (Wildman–Crippen MR) is 63.3 cm³/mol. The summed E-state index contributed by atoms with van der Waals surface area (Å²) in [4.78, 5) is 0.823. The Hall–Kier alpha value is 0.774. The molecule has 0 saturated carbocycles. The van der Waals surface area contributed by atoms with Gasteiger partial charge in [-0.15, -0.1) is 5.56 Å². The number of benzene rings is 2. The second kappa shape index (κ2) is 15.2. The van der Waals surface area contributed by atoms with Crippen molar-refractivity contribution >= 4 is 12.0 Å². The summed E-state index contributed by atoms with van der Waals surface area (Å²) in [7, 11) is 0. The maximum atomic E-state index is 9.46. The SMILES string of the molecule is Cc1cc[c-]cc1SOO[O-].[Na+].[Y].[c-]1ccccc1. The zero-order valence-corrected chi connectivity index (χ0v) is 16.5. The first-order valence-electron chi connectivity index (χ1n) is 4.85. The molecule has 0 bridgehead atoms. The summed E-state index contributed by atoms with van der Waals surface area (Å²) in [5.74, 6) is 0. The smallest absolute Gasteiger partial charge is 0.691 e. The average Bonchev–Trinajstić information content (AvgIpc) is 2.41. The minimum atomic E-state index is 0. The Morgan fingerprint density at radius 1 is 1.11 bits per heavy atom. The molecule has 19 heavy (non-hydrogen) atoms. The first-order valence-corrected chi connectivity index (χ1v) is 5.59. The molecular weight excluding hydrogens is 348 g/mol. The van der Waals surface area contributed by atoms with Gasteiger partial charge in [-0.3, -0.25) is 5.04 Å². The van der Waals surface area contributed by atoms with Crippen molar-refractivity contribution in [2.45, 2.75) is 11.8 Å². The number of rotatable bonds is 3. The average molecular weight is 359 g/mol. The van der Waals surface area contributed by atoms with Gasteiger partial charge in [0.25, 0.3) is 0 Å². The standard InChI is InChI=1S/C7H7O3S.C6H5.Na.Y/c1-6-4-2-3-5-7(6)11-10-9-8;1-2-4-6-5-3-1;;/h2,4-5,8H,1H3;1-5H;;/q2*-1;+1;/p-1. The second-order valence-corrected chi connectivity index (χ2v) is 3.73. The number of hydrogen-bond acceptors (Lipinski definition) is 4. The summed E-state index contributed by atoms with van der Waals surface area (Å²) in [6.45, 7) is 1.91.